The van der Waals surface area contributed by atoms with Gasteiger partial charge in [-0.25, -0.2) is 0 Å². The normalized spacial score (nSPS) is 52.6. The van der Waals surface area contributed by atoms with E-state index in [0.717, 1.165) is 43.7 Å². The van der Waals surface area contributed by atoms with E-state index in [0.29, 0.717) is 36.0 Å². The van der Waals surface area contributed by atoms with Gasteiger partial charge in [-0.3, -0.25) is 4.79 Å². The van der Waals surface area contributed by atoms with Crippen molar-refractivity contribution in [2.45, 2.75) is 70.3 Å². The van der Waals surface area contributed by atoms with Gasteiger partial charge in [0.1, 0.15) is 5.60 Å². The summed E-state index contributed by atoms with van der Waals surface area (Å²) in [5.41, 5.74) is 3.67. The van der Waals surface area contributed by atoms with Crippen molar-refractivity contribution in [1.82, 2.24) is 0 Å². The van der Waals surface area contributed by atoms with Crippen molar-refractivity contribution in [1.29, 1.82) is 0 Å². The lowest BCUT2D eigenvalue weighted by atomic mass is 9.47. The van der Waals surface area contributed by atoms with E-state index in [4.69, 9.17) is 4.74 Å². The molecule has 1 aliphatic heterocycles. The molecule has 0 bridgehead atoms. The molecule has 5 aliphatic carbocycles. The lowest BCUT2D eigenvalue weighted by molar-refractivity contribution is -0.176. The standard InChI is InChI=1S/C24H31NO3/c1-3-23-8-6-17-16-5-4-15(25-27)11-14(16)10-13(2)21(17)22(23)18-12-19(18)24(23)9-7-20(26)28-24/h11,16-19,21-22,27H,2-10,12H2,1H3/b25-15+/t16-,17?,18?,19?,21?,22?,23-,24-/m0/s1. The van der Waals surface area contributed by atoms with Crippen molar-refractivity contribution in [3.8, 4) is 0 Å². The highest BCUT2D eigenvalue weighted by Gasteiger charge is 2.79. The molecule has 0 aromatic heterocycles. The average Bonchev–Trinajstić information content (AvgIpc) is 3.35. The number of carbonyl (C=O) groups is 1. The zero-order chi connectivity index (χ0) is 19.3. The summed E-state index contributed by atoms with van der Waals surface area (Å²) in [5.74, 6) is 3.90. The van der Waals surface area contributed by atoms with Gasteiger partial charge in [-0.05, 0) is 87.0 Å². The molecule has 0 radical (unpaired) electrons. The SMILES string of the molecule is C=C1CC2=C/C(=N/O)CC[C@@H]2C2CC[C@@]3(CC)C(C4CC4[C@@]34CCC(=O)O4)C12. The highest BCUT2D eigenvalue weighted by atomic mass is 16.6. The summed E-state index contributed by atoms with van der Waals surface area (Å²) in [6.45, 7) is 6.94. The van der Waals surface area contributed by atoms with Crippen LogP contribution in [0.5, 0.6) is 0 Å². The maximum atomic E-state index is 12.2. The molecule has 0 aromatic carbocycles. The van der Waals surface area contributed by atoms with Gasteiger partial charge in [-0.15, -0.1) is 0 Å². The third-order valence-corrected chi connectivity index (χ3v) is 9.87. The topological polar surface area (TPSA) is 58.9 Å². The number of ether oxygens (including phenoxy) is 1. The fourth-order valence-electron chi connectivity index (χ4n) is 9.00. The first-order chi connectivity index (χ1) is 13.5. The minimum absolute atomic E-state index is 0.0389. The third-order valence-electron chi connectivity index (χ3n) is 9.87. The van der Waals surface area contributed by atoms with Gasteiger partial charge in [0.2, 0.25) is 0 Å². The van der Waals surface area contributed by atoms with E-state index in [1.165, 1.54) is 30.4 Å². The first-order valence-corrected chi connectivity index (χ1v) is 11.4. The molecule has 1 saturated heterocycles. The van der Waals surface area contributed by atoms with E-state index in [1.54, 1.807) is 0 Å². The second kappa shape index (κ2) is 5.52. The molecule has 5 unspecified atom stereocenters. The van der Waals surface area contributed by atoms with Gasteiger partial charge in [0.25, 0.3) is 0 Å². The number of carbonyl (C=O) groups excluding carboxylic acids is 1. The molecule has 0 amide bonds. The Labute approximate surface area is 167 Å². The third kappa shape index (κ3) is 1.88. The number of rotatable bonds is 1. The van der Waals surface area contributed by atoms with Crippen LogP contribution >= 0.6 is 0 Å². The molecule has 6 rings (SSSR count). The van der Waals surface area contributed by atoms with Crippen LogP contribution in [0, 0.1) is 40.9 Å². The lowest BCUT2D eigenvalue weighted by Crippen LogP contribution is -2.56. The van der Waals surface area contributed by atoms with E-state index in [-0.39, 0.29) is 17.0 Å². The van der Waals surface area contributed by atoms with Gasteiger partial charge in [-0.1, -0.05) is 29.8 Å². The zero-order valence-electron chi connectivity index (χ0n) is 16.8. The summed E-state index contributed by atoms with van der Waals surface area (Å²) in [4.78, 5) is 12.2. The number of fused-ring (bicyclic) bond motifs is 9. The number of esters is 1. The molecule has 1 spiro atoms. The molecule has 4 heteroatoms. The smallest absolute Gasteiger partial charge is 0.306 e. The van der Waals surface area contributed by atoms with E-state index in [1.807, 2.05) is 0 Å². The Bertz CT molecular complexity index is 828. The van der Waals surface area contributed by atoms with Crippen molar-refractivity contribution >= 4 is 11.7 Å². The average molecular weight is 382 g/mol. The van der Waals surface area contributed by atoms with Crippen LogP contribution in [0.3, 0.4) is 0 Å². The molecule has 4 nitrogen and oxygen atoms in total. The predicted molar refractivity (Wildman–Crippen MR) is 106 cm³/mol. The van der Waals surface area contributed by atoms with Crippen LogP contribution < -0.4 is 0 Å². The Kier molecular flexibility index (Phi) is 3.41. The van der Waals surface area contributed by atoms with Crippen LogP contribution in [-0.2, 0) is 9.53 Å². The molecular weight excluding hydrogens is 350 g/mol. The van der Waals surface area contributed by atoms with E-state index < -0.39 is 0 Å². The molecule has 5 fully saturated rings. The van der Waals surface area contributed by atoms with Crippen LogP contribution in [-0.4, -0.2) is 22.5 Å². The van der Waals surface area contributed by atoms with Crippen molar-refractivity contribution in [3.63, 3.8) is 0 Å². The summed E-state index contributed by atoms with van der Waals surface area (Å²) < 4.78 is 6.25. The molecule has 0 aromatic rings. The largest absolute Gasteiger partial charge is 0.458 e. The van der Waals surface area contributed by atoms with Crippen molar-refractivity contribution in [2.24, 2.45) is 46.1 Å². The molecule has 8 atom stereocenters. The number of oxime groups is 1. The number of allylic oxidation sites excluding steroid dienone is 3. The van der Waals surface area contributed by atoms with Gasteiger partial charge in [0, 0.05) is 17.8 Å². The molecule has 28 heavy (non-hydrogen) atoms. The monoisotopic (exact) mass is 381 g/mol. The van der Waals surface area contributed by atoms with Gasteiger partial charge in [0.15, 0.2) is 0 Å². The summed E-state index contributed by atoms with van der Waals surface area (Å²) in [6.07, 6.45) is 11.5. The summed E-state index contributed by atoms with van der Waals surface area (Å²) in [6, 6.07) is 0. The Morgan fingerprint density at radius 1 is 1.29 bits per heavy atom. The molecule has 1 N–H and O–H groups in total. The van der Waals surface area contributed by atoms with Crippen molar-refractivity contribution in [3.05, 3.63) is 23.8 Å². The van der Waals surface area contributed by atoms with Crippen LogP contribution in [0.15, 0.2) is 29.0 Å². The molecular formula is C24H31NO3. The van der Waals surface area contributed by atoms with E-state index >= 15 is 0 Å². The Morgan fingerprint density at radius 2 is 2.14 bits per heavy atom. The Morgan fingerprint density at radius 3 is 2.86 bits per heavy atom. The van der Waals surface area contributed by atoms with Crippen LogP contribution in [0.25, 0.3) is 0 Å². The second-order valence-electron chi connectivity index (χ2n) is 10.4. The van der Waals surface area contributed by atoms with Crippen molar-refractivity contribution < 1.29 is 14.7 Å². The number of hydrogen-bond acceptors (Lipinski definition) is 4. The predicted octanol–water partition coefficient (Wildman–Crippen LogP) is 4.88. The number of hydrogen-bond donors (Lipinski definition) is 1. The van der Waals surface area contributed by atoms with Crippen LogP contribution in [0.2, 0.25) is 0 Å². The van der Waals surface area contributed by atoms with Crippen LogP contribution in [0.1, 0.15) is 64.7 Å². The quantitative estimate of drug-likeness (QED) is 0.305. The molecule has 4 saturated carbocycles. The maximum Gasteiger partial charge on any atom is 0.306 e. The summed E-state index contributed by atoms with van der Waals surface area (Å²) in [5, 5.41) is 12.7. The first kappa shape index (κ1) is 17.3. The molecule has 6 aliphatic rings. The highest BCUT2D eigenvalue weighted by molar-refractivity contribution is 5.96. The molecule has 1 heterocycles. The fraction of sp³-hybridized carbons (Fsp3) is 0.750. The Hall–Kier alpha value is -1.58. The van der Waals surface area contributed by atoms with Gasteiger partial charge in [0.05, 0.1) is 5.71 Å². The van der Waals surface area contributed by atoms with Crippen molar-refractivity contribution in [2.75, 3.05) is 0 Å². The van der Waals surface area contributed by atoms with Gasteiger partial charge < -0.3 is 9.94 Å². The summed E-state index contributed by atoms with van der Waals surface area (Å²) in [7, 11) is 0. The lowest BCUT2D eigenvalue weighted by Gasteiger charge is -2.58. The minimum Gasteiger partial charge on any atom is -0.458 e. The zero-order valence-corrected chi connectivity index (χ0v) is 16.8. The highest BCUT2D eigenvalue weighted by Crippen LogP contribution is 2.79. The fourth-order valence-corrected chi connectivity index (χ4v) is 9.00. The first-order valence-electron chi connectivity index (χ1n) is 11.4. The maximum absolute atomic E-state index is 12.2. The van der Waals surface area contributed by atoms with Crippen LogP contribution in [0.4, 0.5) is 0 Å². The van der Waals surface area contributed by atoms with E-state index in [2.05, 4.69) is 24.7 Å². The summed E-state index contributed by atoms with van der Waals surface area (Å²) >= 11 is 0. The van der Waals surface area contributed by atoms with Gasteiger partial charge in [-0.2, -0.15) is 0 Å². The minimum atomic E-state index is -0.168. The van der Waals surface area contributed by atoms with Gasteiger partial charge >= 0.3 is 5.97 Å². The molecule has 150 valence electrons. The van der Waals surface area contributed by atoms with E-state index in [9.17, 15) is 10.0 Å². The second-order valence-corrected chi connectivity index (χ2v) is 10.4. The number of nitrogens with zero attached hydrogens (tertiary/aromatic N) is 1. The Balaban J connectivity index is 1.41.